The number of hydrogen-bond donors (Lipinski definition) is 1. The van der Waals surface area contributed by atoms with Gasteiger partial charge in [-0.25, -0.2) is 4.98 Å². The van der Waals surface area contributed by atoms with Crippen molar-refractivity contribution in [2.45, 2.75) is 33.2 Å². The van der Waals surface area contributed by atoms with Crippen LogP contribution in [0, 0.1) is 11.8 Å². The van der Waals surface area contributed by atoms with E-state index in [0.29, 0.717) is 30.5 Å². The van der Waals surface area contributed by atoms with Gasteiger partial charge in [0, 0.05) is 31.1 Å². The topological polar surface area (TPSA) is 66.7 Å². The van der Waals surface area contributed by atoms with Gasteiger partial charge < -0.3 is 5.32 Å². The number of hydrogen-bond acceptors (Lipinski definition) is 5. The SMILES string of the molecule is CC(C)CNC(=O)[C@@H]1CCCN(Cc2cc(=O)n3c(-c4ccccc4)csc3n2)C1. The van der Waals surface area contributed by atoms with Crippen molar-refractivity contribution in [3.05, 3.63) is 57.8 Å². The highest BCUT2D eigenvalue weighted by Crippen LogP contribution is 2.24. The molecule has 1 N–H and O–H groups in total. The smallest absolute Gasteiger partial charge is 0.259 e. The molecule has 1 saturated heterocycles. The largest absolute Gasteiger partial charge is 0.356 e. The highest BCUT2D eigenvalue weighted by atomic mass is 32.1. The fourth-order valence-electron chi connectivity index (χ4n) is 3.95. The molecule has 0 radical (unpaired) electrons. The summed E-state index contributed by atoms with van der Waals surface area (Å²) in [7, 11) is 0. The lowest BCUT2D eigenvalue weighted by molar-refractivity contribution is -0.126. The van der Waals surface area contributed by atoms with E-state index in [1.54, 1.807) is 10.5 Å². The molecule has 0 aliphatic carbocycles. The summed E-state index contributed by atoms with van der Waals surface area (Å²) < 4.78 is 1.68. The zero-order valence-electron chi connectivity index (χ0n) is 17.5. The number of fused-ring (bicyclic) bond motifs is 1. The molecule has 1 atom stereocenters. The van der Waals surface area contributed by atoms with Crippen molar-refractivity contribution in [2.24, 2.45) is 11.8 Å². The minimum absolute atomic E-state index is 0.00810. The predicted octanol–water partition coefficient (Wildman–Crippen LogP) is 3.41. The number of rotatable bonds is 6. The summed E-state index contributed by atoms with van der Waals surface area (Å²) in [6.07, 6.45) is 1.90. The van der Waals surface area contributed by atoms with E-state index < -0.39 is 0 Å². The minimum atomic E-state index is -0.0571. The third kappa shape index (κ3) is 4.63. The summed E-state index contributed by atoms with van der Waals surface area (Å²) in [5.41, 5.74) is 2.59. The number of carbonyl (C=O) groups is 1. The number of benzene rings is 1. The van der Waals surface area contributed by atoms with Crippen LogP contribution in [0.4, 0.5) is 0 Å². The van der Waals surface area contributed by atoms with Gasteiger partial charge >= 0.3 is 0 Å². The molecule has 1 aromatic carbocycles. The van der Waals surface area contributed by atoms with E-state index in [-0.39, 0.29) is 17.4 Å². The molecule has 0 bridgehead atoms. The van der Waals surface area contributed by atoms with Crippen molar-refractivity contribution >= 4 is 22.2 Å². The van der Waals surface area contributed by atoms with Crippen LogP contribution >= 0.6 is 11.3 Å². The van der Waals surface area contributed by atoms with Crippen molar-refractivity contribution in [3.8, 4) is 11.3 Å². The molecule has 7 heteroatoms. The van der Waals surface area contributed by atoms with Crippen LogP contribution in [-0.4, -0.2) is 39.8 Å². The lowest BCUT2D eigenvalue weighted by Crippen LogP contribution is -2.43. The molecule has 1 aliphatic heterocycles. The number of piperidine rings is 1. The van der Waals surface area contributed by atoms with Crippen molar-refractivity contribution < 1.29 is 4.79 Å². The van der Waals surface area contributed by atoms with Crippen LogP contribution in [-0.2, 0) is 11.3 Å². The first-order valence-electron chi connectivity index (χ1n) is 10.6. The number of nitrogens with zero attached hydrogens (tertiary/aromatic N) is 3. The summed E-state index contributed by atoms with van der Waals surface area (Å²) in [4.78, 5) is 33.0. The quantitative estimate of drug-likeness (QED) is 0.659. The van der Waals surface area contributed by atoms with Crippen LogP contribution in [0.3, 0.4) is 0 Å². The summed E-state index contributed by atoms with van der Waals surface area (Å²) in [6, 6.07) is 11.5. The maximum absolute atomic E-state index is 12.9. The van der Waals surface area contributed by atoms with Gasteiger partial charge in [0.2, 0.25) is 5.91 Å². The summed E-state index contributed by atoms with van der Waals surface area (Å²) >= 11 is 1.48. The van der Waals surface area contributed by atoms with E-state index in [2.05, 4.69) is 24.1 Å². The van der Waals surface area contributed by atoms with Gasteiger partial charge in [0.1, 0.15) is 0 Å². The Kier molecular flexibility index (Phi) is 6.29. The second-order valence-corrected chi connectivity index (χ2v) is 9.24. The average molecular weight is 425 g/mol. The number of aromatic nitrogens is 2. The molecule has 1 fully saturated rings. The standard InChI is InChI=1S/C23H28N4O2S/c1-16(2)12-24-22(29)18-9-6-10-26(13-18)14-19-11-21(28)27-20(15-30-23(27)25-19)17-7-4-3-5-8-17/h3-5,7-8,11,15-16,18H,6,9-10,12-14H2,1-2H3,(H,24,29)/t18-/m1/s1. The Morgan fingerprint density at radius 1 is 1.30 bits per heavy atom. The van der Waals surface area contributed by atoms with Crippen molar-refractivity contribution in [2.75, 3.05) is 19.6 Å². The third-order valence-electron chi connectivity index (χ3n) is 5.47. The first kappa shape index (κ1) is 20.8. The van der Waals surface area contributed by atoms with Crippen molar-refractivity contribution in [3.63, 3.8) is 0 Å². The lowest BCUT2D eigenvalue weighted by Gasteiger charge is -2.31. The molecular weight excluding hydrogens is 396 g/mol. The van der Waals surface area contributed by atoms with E-state index in [0.717, 1.165) is 36.3 Å². The minimum Gasteiger partial charge on any atom is -0.356 e. The zero-order chi connectivity index (χ0) is 21.1. The van der Waals surface area contributed by atoms with Crippen LogP contribution in [0.15, 0.2) is 46.6 Å². The number of likely N-dealkylation sites (tertiary alicyclic amines) is 1. The van der Waals surface area contributed by atoms with E-state index in [9.17, 15) is 9.59 Å². The van der Waals surface area contributed by atoms with Crippen LogP contribution in [0.1, 0.15) is 32.4 Å². The zero-order valence-corrected chi connectivity index (χ0v) is 18.3. The second-order valence-electron chi connectivity index (χ2n) is 8.40. The van der Waals surface area contributed by atoms with Gasteiger partial charge in [0.25, 0.3) is 5.56 Å². The van der Waals surface area contributed by atoms with E-state index in [1.165, 1.54) is 11.3 Å². The normalized spacial score (nSPS) is 17.5. The molecular formula is C23H28N4O2S. The maximum atomic E-state index is 12.9. The first-order chi connectivity index (χ1) is 14.5. The molecule has 4 rings (SSSR count). The van der Waals surface area contributed by atoms with Gasteiger partial charge in [-0.3, -0.25) is 18.9 Å². The third-order valence-corrected chi connectivity index (χ3v) is 6.30. The van der Waals surface area contributed by atoms with Crippen LogP contribution in [0.5, 0.6) is 0 Å². The second kappa shape index (κ2) is 9.10. The Labute approximate surface area is 180 Å². The van der Waals surface area contributed by atoms with Gasteiger partial charge in [0.15, 0.2) is 4.96 Å². The molecule has 0 saturated carbocycles. The number of amides is 1. The van der Waals surface area contributed by atoms with Crippen LogP contribution in [0.2, 0.25) is 0 Å². The molecule has 6 nitrogen and oxygen atoms in total. The molecule has 3 heterocycles. The van der Waals surface area contributed by atoms with Gasteiger partial charge in [0.05, 0.1) is 17.3 Å². The molecule has 3 aromatic rings. The molecule has 30 heavy (non-hydrogen) atoms. The fourth-order valence-corrected chi connectivity index (χ4v) is 4.87. The molecule has 2 aromatic heterocycles. The Hall–Kier alpha value is -2.51. The van der Waals surface area contributed by atoms with E-state index in [1.807, 2.05) is 35.7 Å². The Morgan fingerprint density at radius 2 is 2.10 bits per heavy atom. The fraction of sp³-hybridized carbons (Fsp3) is 0.435. The summed E-state index contributed by atoms with van der Waals surface area (Å²) in [6.45, 7) is 7.15. The predicted molar refractivity (Wildman–Crippen MR) is 121 cm³/mol. The molecule has 158 valence electrons. The van der Waals surface area contributed by atoms with Gasteiger partial charge in [-0.15, -0.1) is 11.3 Å². The number of thiazole rings is 1. The average Bonchev–Trinajstić information content (AvgIpc) is 3.17. The lowest BCUT2D eigenvalue weighted by atomic mass is 9.97. The first-order valence-corrected chi connectivity index (χ1v) is 11.4. The highest BCUT2D eigenvalue weighted by Gasteiger charge is 2.26. The highest BCUT2D eigenvalue weighted by molar-refractivity contribution is 7.15. The van der Waals surface area contributed by atoms with Gasteiger partial charge in [-0.2, -0.15) is 0 Å². The van der Waals surface area contributed by atoms with Gasteiger partial charge in [-0.1, -0.05) is 44.2 Å². The molecule has 1 amide bonds. The molecule has 1 aliphatic rings. The van der Waals surface area contributed by atoms with E-state index >= 15 is 0 Å². The van der Waals surface area contributed by atoms with Crippen LogP contribution in [0.25, 0.3) is 16.2 Å². The van der Waals surface area contributed by atoms with Gasteiger partial charge in [-0.05, 0) is 30.9 Å². The molecule has 0 spiro atoms. The Bertz CT molecular complexity index is 1070. The number of carbonyl (C=O) groups excluding carboxylic acids is 1. The summed E-state index contributed by atoms with van der Waals surface area (Å²) in [5, 5.41) is 5.04. The summed E-state index contributed by atoms with van der Waals surface area (Å²) in [5.74, 6) is 0.598. The van der Waals surface area contributed by atoms with E-state index in [4.69, 9.17) is 4.98 Å². The molecule has 0 unspecified atom stereocenters. The van der Waals surface area contributed by atoms with Crippen LogP contribution < -0.4 is 10.9 Å². The van der Waals surface area contributed by atoms with Crippen molar-refractivity contribution in [1.82, 2.24) is 19.6 Å². The Balaban J connectivity index is 1.49. The van der Waals surface area contributed by atoms with Crippen molar-refractivity contribution in [1.29, 1.82) is 0 Å². The Morgan fingerprint density at radius 3 is 2.87 bits per heavy atom. The maximum Gasteiger partial charge on any atom is 0.259 e. The number of nitrogens with one attached hydrogen (secondary N) is 1. The monoisotopic (exact) mass is 424 g/mol.